The van der Waals surface area contributed by atoms with Gasteiger partial charge in [0.2, 0.25) is 0 Å². The molecule has 0 aliphatic carbocycles. The van der Waals surface area contributed by atoms with E-state index in [0.717, 1.165) is 6.54 Å². The maximum absolute atomic E-state index is 10.7. The molecule has 2 N–H and O–H groups in total. The summed E-state index contributed by atoms with van der Waals surface area (Å²) in [6.45, 7) is 2.98. The van der Waals surface area contributed by atoms with Gasteiger partial charge in [0.25, 0.3) is 0 Å². The van der Waals surface area contributed by atoms with Crippen molar-refractivity contribution >= 4 is 7.81 Å². The first kappa shape index (κ1) is 14.5. The number of hydrogen-bond donors (Lipinski definition) is 1. The molecule has 0 atom stereocenters. The summed E-state index contributed by atoms with van der Waals surface area (Å²) in [5.41, 5.74) is 5.14. The van der Waals surface area contributed by atoms with Crippen molar-refractivity contribution in [1.29, 1.82) is 0 Å². The Labute approximate surface area is 67.6 Å². The van der Waals surface area contributed by atoms with E-state index in [-0.39, 0.29) is 1.43 Å². The van der Waals surface area contributed by atoms with Gasteiger partial charge in [0, 0.05) is 0 Å². The van der Waals surface area contributed by atoms with Crippen molar-refractivity contribution in [2.75, 3.05) is 6.54 Å². The molecule has 80 valence electrons. The van der Waals surface area contributed by atoms with Crippen LogP contribution in [0.15, 0.2) is 0 Å². The SMILES string of the molecule is CCCCN.F[P-](F)(F)(F)(F)F.[H+]. The second kappa shape index (κ2) is 3.38. The Hall–Kier alpha value is -0.0300. The molecule has 0 aliphatic heterocycles. The summed E-state index contributed by atoms with van der Waals surface area (Å²) < 4.78 is 59.2. The Morgan fingerprint density at radius 2 is 1.33 bits per heavy atom. The van der Waals surface area contributed by atoms with Crippen LogP contribution in [0.3, 0.4) is 0 Å². The fourth-order valence-corrected chi connectivity index (χ4v) is 0.204. The zero-order valence-corrected chi connectivity index (χ0v) is 7.31. The zero-order valence-electron chi connectivity index (χ0n) is 7.41. The molecule has 0 radical (unpaired) electrons. The van der Waals surface area contributed by atoms with E-state index in [2.05, 4.69) is 6.92 Å². The molecule has 0 aliphatic rings. The molecule has 8 heteroatoms. The number of hydrogen-bond acceptors (Lipinski definition) is 1. The van der Waals surface area contributed by atoms with Crippen LogP contribution in [0.25, 0.3) is 0 Å². The van der Waals surface area contributed by atoms with Crippen molar-refractivity contribution in [3.05, 3.63) is 0 Å². The molecule has 0 unspecified atom stereocenters. The van der Waals surface area contributed by atoms with Crippen LogP contribution >= 0.6 is 7.81 Å². The largest absolute Gasteiger partial charge is 1.00 e. The van der Waals surface area contributed by atoms with E-state index in [1.807, 2.05) is 0 Å². The fraction of sp³-hybridized carbons (Fsp3) is 1.00. The van der Waals surface area contributed by atoms with Gasteiger partial charge < -0.3 is 5.73 Å². The molecule has 0 saturated carbocycles. The standard InChI is InChI=1S/C4H11N.F6P/c1-2-3-4-5;1-7(2,3,4,5)6/h2-5H2,1H3;/q;-1/p+1. The van der Waals surface area contributed by atoms with Crippen LogP contribution in [0.5, 0.6) is 0 Å². The van der Waals surface area contributed by atoms with Crippen LogP contribution in [0.2, 0.25) is 0 Å². The maximum atomic E-state index is 9.87. The van der Waals surface area contributed by atoms with Crippen molar-refractivity contribution in [2.24, 2.45) is 5.73 Å². The third-order valence-electron chi connectivity index (χ3n) is 0.558. The summed E-state index contributed by atoms with van der Waals surface area (Å²) >= 11 is 0. The third kappa shape index (κ3) is 207. The predicted octanol–water partition coefficient (Wildman–Crippen LogP) is 4.24. The van der Waals surface area contributed by atoms with E-state index in [1.54, 1.807) is 0 Å². The monoisotopic (exact) mass is 219 g/mol. The van der Waals surface area contributed by atoms with Gasteiger partial charge in [-0.25, -0.2) is 0 Å². The molecule has 0 spiro atoms. The van der Waals surface area contributed by atoms with E-state index in [9.17, 15) is 25.2 Å². The van der Waals surface area contributed by atoms with Gasteiger partial charge in [-0.05, 0) is 13.0 Å². The second-order valence-corrected chi connectivity index (χ2v) is 4.02. The molecule has 0 aromatic carbocycles. The van der Waals surface area contributed by atoms with Gasteiger partial charge in [0.05, 0.1) is 0 Å². The van der Waals surface area contributed by atoms with Crippen LogP contribution in [0.1, 0.15) is 21.2 Å². The van der Waals surface area contributed by atoms with Crippen molar-refractivity contribution < 1.29 is 26.6 Å². The maximum Gasteiger partial charge on any atom is 1.00 e. The first-order valence-corrected chi connectivity index (χ1v) is 5.16. The molecule has 0 heterocycles. The van der Waals surface area contributed by atoms with Crippen molar-refractivity contribution in [1.82, 2.24) is 0 Å². The van der Waals surface area contributed by atoms with Gasteiger partial charge in [0.15, 0.2) is 0 Å². The minimum atomic E-state index is -10.7. The minimum Gasteiger partial charge on any atom is 1.00 e. The van der Waals surface area contributed by atoms with Gasteiger partial charge >= 0.3 is 34.4 Å². The number of halogens is 6. The van der Waals surface area contributed by atoms with Crippen LogP contribution in [0, 0.1) is 0 Å². The number of nitrogens with two attached hydrogens (primary N) is 1. The molecule has 0 aromatic heterocycles. The molecule has 12 heavy (non-hydrogen) atoms. The van der Waals surface area contributed by atoms with Crippen LogP contribution in [0.4, 0.5) is 25.2 Å². The first-order chi connectivity index (χ1) is 4.86. The smallest absolute Gasteiger partial charge is 1.00 e. The van der Waals surface area contributed by atoms with Crippen molar-refractivity contribution in [2.45, 2.75) is 19.8 Å². The average Bonchev–Trinajstić information content (AvgIpc) is 1.58. The van der Waals surface area contributed by atoms with Crippen molar-refractivity contribution in [3.8, 4) is 0 Å². The Bertz CT molecular complexity index is 114. The second-order valence-electron chi connectivity index (χ2n) is 2.10. The average molecular weight is 219 g/mol. The Morgan fingerprint density at radius 3 is 1.33 bits per heavy atom. The van der Waals surface area contributed by atoms with Gasteiger partial charge in [0.1, 0.15) is 0 Å². The quantitative estimate of drug-likeness (QED) is 0.545. The van der Waals surface area contributed by atoms with Gasteiger partial charge in [-0.15, -0.1) is 0 Å². The molecule has 0 saturated heterocycles. The van der Waals surface area contributed by atoms with Crippen molar-refractivity contribution in [3.63, 3.8) is 0 Å². The molecule has 0 bridgehead atoms. The van der Waals surface area contributed by atoms with E-state index in [1.165, 1.54) is 12.8 Å². The molecule has 1 nitrogen and oxygen atoms in total. The number of rotatable bonds is 2. The molecule has 0 aromatic rings. The Morgan fingerprint density at radius 1 is 1.08 bits per heavy atom. The first-order valence-electron chi connectivity index (χ1n) is 3.13. The molecular formula is C4H12F6NP. The molecule has 0 rings (SSSR count). The summed E-state index contributed by atoms with van der Waals surface area (Å²) in [7, 11) is -10.7. The Balaban J connectivity index is -0.000000150. The summed E-state index contributed by atoms with van der Waals surface area (Å²) in [6, 6.07) is 0. The third-order valence-corrected chi connectivity index (χ3v) is 0.558. The topological polar surface area (TPSA) is 26.0 Å². The fourth-order valence-electron chi connectivity index (χ4n) is 0.204. The molecule has 0 amide bonds. The van der Waals surface area contributed by atoms with Crippen LogP contribution in [-0.4, -0.2) is 6.54 Å². The van der Waals surface area contributed by atoms with Crippen LogP contribution in [-0.2, 0) is 0 Å². The van der Waals surface area contributed by atoms with E-state index < -0.39 is 7.81 Å². The summed E-state index contributed by atoms with van der Waals surface area (Å²) in [4.78, 5) is 0. The normalized spacial score (nSPS) is 17.0. The molecular weight excluding hydrogens is 207 g/mol. The Kier molecular flexibility index (Phi) is 4.08. The summed E-state index contributed by atoms with van der Waals surface area (Å²) in [5.74, 6) is 0. The van der Waals surface area contributed by atoms with Gasteiger partial charge in [-0.2, -0.15) is 0 Å². The van der Waals surface area contributed by atoms with Gasteiger partial charge in [-0.3, -0.25) is 0 Å². The summed E-state index contributed by atoms with van der Waals surface area (Å²) in [5, 5.41) is 0. The van der Waals surface area contributed by atoms with Crippen LogP contribution < -0.4 is 5.73 Å². The zero-order chi connectivity index (χ0) is 10.5. The molecule has 0 fully saturated rings. The number of unbranched alkanes of at least 4 members (excludes halogenated alkanes) is 1. The minimum absolute atomic E-state index is 0. The van der Waals surface area contributed by atoms with E-state index in [0.29, 0.717) is 0 Å². The van der Waals surface area contributed by atoms with E-state index >= 15 is 0 Å². The van der Waals surface area contributed by atoms with E-state index in [4.69, 9.17) is 5.73 Å². The predicted molar refractivity (Wildman–Crippen MR) is 38.6 cm³/mol. The van der Waals surface area contributed by atoms with Gasteiger partial charge in [-0.1, -0.05) is 13.3 Å². The summed E-state index contributed by atoms with van der Waals surface area (Å²) in [6.07, 6.45) is 2.39.